The predicted octanol–water partition coefficient (Wildman–Crippen LogP) is 1.40. The van der Waals surface area contributed by atoms with Crippen LogP contribution in [0.5, 0.6) is 0 Å². The average molecular weight is 281 g/mol. The number of aryl methyl sites for hydroxylation is 1. The van der Waals surface area contributed by atoms with Gasteiger partial charge in [-0.15, -0.1) is 0 Å². The molecule has 0 aromatic carbocycles. The topological polar surface area (TPSA) is 88.2 Å². The van der Waals surface area contributed by atoms with Crippen LogP contribution in [0, 0.1) is 5.92 Å². The normalized spacial score (nSPS) is 16.4. The van der Waals surface area contributed by atoms with Crippen LogP contribution in [0.4, 0.5) is 0 Å². The molecule has 1 unspecified atom stereocenters. The summed E-state index contributed by atoms with van der Waals surface area (Å²) in [5.74, 6) is 1.95. The molecule has 2 rings (SSSR count). The summed E-state index contributed by atoms with van der Waals surface area (Å²) < 4.78 is 5.11. The molecule has 1 heterocycles. The minimum atomic E-state index is -0.368. The van der Waals surface area contributed by atoms with Crippen LogP contribution in [0.2, 0.25) is 0 Å². The lowest BCUT2D eigenvalue weighted by molar-refractivity contribution is -0.121. The van der Waals surface area contributed by atoms with Crippen molar-refractivity contribution in [3.05, 3.63) is 11.7 Å². The van der Waals surface area contributed by atoms with E-state index >= 15 is 0 Å². The maximum absolute atomic E-state index is 11.6. The molecule has 1 saturated carbocycles. The van der Waals surface area contributed by atoms with Gasteiger partial charge in [0.15, 0.2) is 5.82 Å². The molecule has 20 heavy (non-hydrogen) atoms. The fourth-order valence-corrected chi connectivity index (χ4v) is 1.88. The first-order valence-corrected chi connectivity index (χ1v) is 7.33. The van der Waals surface area contributed by atoms with Gasteiger partial charge in [0, 0.05) is 25.3 Å². The van der Waals surface area contributed by atoms with Crippen molar-refractivity contribution in [3.8, 4) is 0 Å². The molecule has 2 N–H and O–H groups in total. The first-order valence-electron chi connectivity index (χ1n) is 7.33. The lowest BCUT2D eigenvalue weighted by Crippen LogP contribution is -2.28. The lowest BCUT2D eigenvalue weighted by Gasteiger charge is -2.14. The molecule has 0 spiro atoms. The van der Waals surface area contributed by atoms with Crippen LogP contribution in [0.15, 0.2) is 4.52 Å². The summed E-state index contributed by atoms with van der Waals surface area (Å²) in [5.41, 5.74) is 0. The van der Waals surface area contributed by atoms with Gasteiger partial charge in [0.2, 0.25) is 11.8 Å². The Morgan fingerprint density at radius 3 is 2.90 bits per heavy atom. The van der Waals surface area contributed by atoms with Crippen molar-refractivity contribution < 1.29 is 14.4 Å². The second kappa shape index (κ2) is 6.83. The van der Waals surface area contributed by atoms with Crippen LogP contribution in [-0.4, -0.2) is 33.8 Å². The number of hydrogen-bond acceptors (Lipinski definition) is 5. The van der Waals surface area contributed by atoms with Crippen molar-refractivity contribution in [1.29, 1.82) is 0 Å². The van der Waals surface area contributed by atoms with Crippen LogP contribution in [0.3, 0.4) is 0 Å². The third-order valence-corrected chi connectivity index (χ3v) is 3.52. The summed E-state index contributed by atoms with van der Waals surface area (Å²) in [6.07, 6.45) is 3.29. The van der Waals surface area contributed by atoms with E-state index in [1.807, 2.05) is 13.8 Å². The average Bonchev–Trinajstić information content (AvgIpc) is 3.15. The van der Waals surface area contributed by atoms with Gasteiger partial charge in [0.1, 0.15) is 0 Å². The summed E-state index contributed by atoms with van der Waals surface area (Å²) in [4.78, 5) is 15.9. The van der Waals surface area contributed by atoms with Crippen molar-refractivity contribution in [3.63, 3.8) is 0 Å². The molecule has 1 aliphatic rings. The van der Waals surface area contributed by atoms with E-state index in [1.54, 1.807) is 0 Å². The number of rotatable bonds is 8. The van der Waals surface area contributed by atoms with E-state index in [0.29, 0.717) is 37.6 Å². The SMILES string of the molecule is CC(C)C(O)CCNC(=O)CCc1nc(C2CC2)no1. The fourth-order valence-electron chi connectivity index (χ4n) is 1.88. The van der Waals surface area contributed by atoms with E-state index < -0.39 is 0 Å². The minimum Gasteiger partial charge on any atom is -0.393 e. The van der Waals surface area contributed by atoms with Crippen molar-refractivity contribution in [2.24, 2.45) is 5.92 Å². The molecule has 1 aliphatic carbocycles. The molecule has 6 heteroatoms. The van der Waals surface area contributed by atoms with Crippen LogP contribution in [-0.2, 0) is 11.2 Å². The monoisotopic (exact) mass is 281 g/mol. The number of carbonyl (C=O) groups excluding carboxylic acids is 1. The Morgan fingerprint density at radius 1 is 1.50 bits per heavy atom. The van der Waals surface area contributed by atoms with E-state index in [1.165, 1.54) is 0 Å². The van der Waals surface area contributed by atoms with E-state index in [2.05, 4.69) is 15.5 Å². The predicted molar refractivity (Wildman–Crippen MR) is 73.1 cm³/mol. The molecule has 1 aromatic heterocycles. The number of amides is 1. The van der Waals surface area contributed by atoms with Crippen molar-refractivity contribution in [2.75, 3.05) is 6.54 Å². The Bertz CT molecular complexity index is 441. The molecule has 0 radical (unpaired) electrons. The molecule has 112 valence electrons. The highest BCUT2D eigenvalue weighted by Crippen LogP contribution is 2.38. The summed E-state index contributed by atoms with van der Waals surface area (Å²) in [5, 5.41) is 16.3. The maximum Gasteiger partial charge on any atom is 0.227 e. The molecule has 0 aliphatic heterocycles. The van der Waals surface area contributed by atoms with Crippen LogP contribution < -0.4 is 5.32 Å². The number of nitrogens with one attached hydrogen (secondary N) is 1. The van der Waals surface area contributed by atoms with E-state index in [-0.39, 0.29) is 17.9 Å². The van der Waals surface area contributed by atoms with Crippen molar-refractivity contribution >= 4 is 5.91 Å². The Balaban J connectivity index is 1.61. The number of aromatic nitrogens is 2. The van der Waals surface area contributed by atoms with Gasteiger partial charge in [-0.2, -0.15) is 4.98 Å². The summed E-state index contributed by atoms with van der Waals surface area (Å²) in [7, 11) is 0. The van der Waals surface area contributed by atoms with Crippen molar-refractivity contribution in [1.82, 2.24) is 15.5 Å². The van der Waals surface area contributed by atoms with Crippen LogP contribution in [0.1, 0.15) is 57.2 Å². The molecule has 0 saturated heterocycles. The first-order chi connectivity index (χ1) is 9.56. The number of carbonyl (C=O) groups is 1. The zero-order valence-electron chi connectivity index (χ0n) is 12.1. The highest BCUT2D eigenvalue weighted by Gasteiger charge is 2.28. The maximum atomic E-state index is 11.6. The smallest absolute Gasteiger partial charge is 0.227 e. The molecule has 6 nitrogen and oxygen atoms in total. The van der Waals surface area contributed by atoms with Gasteiger partial charge in [-0.25, -0.2) is 0 Å². The summed E-state index contributed by atoms with van der Waals surface area (Å²) >= 11 is 0. The highest BCUT2D eigenvalue weighted by atomic mass is 16.5. The van der Waals surface area contributed by atoms with Crippen LogP contribution in [0.25, 0.3) is 0 Å². The standard InChI is InChI=1S/C14H23N3O3/c1-9(2)11(18)7-8-15-12(19)5-6-13-16-14(17-20-13)10-3-4-10/h9-11,18H,3-8H2,1-2H3,(H,15,19). The van der Waals surface area contributed by atoms with Crippen LogP contribution >= 0.6 is 0 Å². The van der Waals surface area contributed by atoms with Gasteiger partial charge in [-0.05, 0) is 25.2 Å². The Morgan fingerprint density at radius 2 is 2.25 bits per heavy atom. The second-order valence-corrected chi connectivity index (χ2v) is 5.77. The quantitative estimate of drug-likeness (QED) is 0.752. The van der Waals surface area contributed by atoms with E-state index in [4.69, 9.17) is 4.52 Å². The van der Waals surface area contributed by atoms with E-state index in [0.717, 1.165) is 18.7 Å². The second-order valence-electron chi connectivity index (χ2n) is 5.77. The Kier molecular flexibility index (Phi) is 5.11. The third kappa shape index (κ3) is 4.59. The fraction of sp³-hybridized carbons (Fsp3) is 0.786. The molecule has 1 atom stereocenters. The van der Waals surface area contributed by atoms with Gasteiger partial charge >= 0.3 is 0 Å². The molecular formula is C14H23N3O3. The highest BCUT2D eigenvalue weighted by molar-refractivity contribution is 5.75. The van der Waals surface area contributed by atoms with Gasteiger partial charge in [-0.1, -0.05) is 19.0 Å². The first kappa shape index (κ1) is 15.0. The third-order valence-electron chi connectivity index (χ3n) is 3.52. The van der Waals surface area contributed by atoms with Gasteiger partial charge < -0.3 is 14.9 Å². The number of nitrogens with zero attached hydrogens (tertiary/aromatic N) is 2. The molecule has 1 aromatic rings. The molecule has 1 amide bonds. The van der Waals surface area contributed by atoms with Crippen molar-refractivity contribution in [2.45, 2.75) is 58.0 Å². The lowest BCUT2D eigenvalue weighted by atomic mass is 10.0. The zero-order chi connectivity index (χ0) is 14.5. The van der Waals surface area contributed by atoms with E-state index in [9.17, 15) is 9.90 Å². The molecular weight excluding hydrogens is 258 g/mol. The molecule has 0 bridgehead atoms. The zero-order valence-corrected chi connectivity index (χ0v) is 12.1. The Labute approximate surface area is 118 Å². The molecule has 1 fully saturated rings. The number of aliphatic hydroxyl groups is 1. The van der Waals surface area contributed by atoms with Gasteiger partial charge in [0.25, 0.3) is 0 Å². The largest absolute Gasteiger partial charge is 0.393 e. The summed E-state index contributed by atoms with van der Waals surface area (Å²) in [6.45, 7) is 4.41. The number of aliphatic hydroxyl groups excluding tert-OH is 1. The summed E-state index contributed by atoms with van der Waals surface area (Å²) in [6, 6.07) is 0. The van der Waals surface area contributed by atoms with Gasteiger partial charge in [0.05, 0.1) is 6.10 Å². The minimum absolute atomic E-state index is 0.0490. The number of hydrogen-bond donors (Lipinski definition) is 2. The van der Waals surface area contributed by atoms with Gasteiger partial charge in [-0.3, -0.25) is 4.79 Å². The Hall–Kier alpha value is -1.43.